The minimum Gasteiger partial charge on any atom is -0.456 e. The summed E-state index contributed by atoms with van der Waals surface area (Å²) in [6, 6.07) is 93.4. The Hall–Kier alpha value is -9.18. The maximum atomic E-state index is 6.13. The first kappa shape index (κ1) is 40.1. The number of anilines is 3. The lowest BCUT2D eigenvalue weighted by Crippen LogP contribution is -2.10. The van der Waals surface area contributed by atoms with Gasteiger partial charge in [0.25, 0.3) is 0 Å². The largest absolute Gasteiger partial charge is 0.456 e. The molecule has 3 heteroatoms. The second-order valence-corrected chi connectivity index (χ2v) is 17.7. The van der Waals surface area contributed by atoms with Gasteiger partial charge in [-0.25, -0.2) is 0 Å². The fourth-order valence-corrected chi connectivity index (χ4v) is 9.95. The molecule has 0 aliphatic carbocycles. The Morgan fingerprint density at radius 2 is 0.478 bits per heavy atom. The van der Waals surface area contributed by atoms with Crippen LogP contribution < -0.4 is 4.90 Å². The molecule has 324 valence electrons. The van der Waals surface area contributed by atoms with E-state index in [9.17, 15) is 0 Å². The van der Waals surface area contributed by atoms with Gasteiger partial charge in [0.05, 0.1) is 0 Å². The average Bonchev–Trinajstić information content (AvgIpc) is 3.99. The summed E-state index contributed by atoms with van der Waals surface area (Å²) in [4.78, 5) is 2.38. The molecule has 0 atom stereocenters. The first-order valence-electron chi connectivity index (χ1n) is 23.5. The van der Waals surface area contributed by atoms with E-state index in [4.69, 9.17) is 8.83 Å². The number of rotatable bonds is 9. The molecule has 0 aliphatic heterocycles. The highest BCUT2D eigenvalue weighted by Gasteiger charge is 2.17. The van der Waals surface area contributed by atoms with Gasteiger partial charge < -0.3 is 13.7 Å². The third kappa shape index (κ3) is 7.53. The highest BCUT2D eigenvalue weighted by Crippen LogP contribution is 2.41. The van der Waals surface area contributed by atoms with E-state index in [1.165, 1.54) is 16.7 Å². The topological polar surface area (TPSA) is 29.5 Å². The summed E-state index contributed by atoms with van der Waals surface area (Å²) < 4.78 is 12.3. The number of furan rings is 2. The minimum absolute atomic E-state index is 0.904. The Morgan fingerprint density at radius 3 is 0.928 bits per heavy atom. The van der Waals surface area contributed by atoms with Crippen molar-refractivity contribution in [2.24, 2.45) is 0 Å². The molecule has 0 bridgehead atoms. The number of benzene rings is 11. The van der Waals surface area contributed by atoms with Gasteiger partial charge >= 0.3 is 0 Å². The summed E-state index contributed by atoms with van der Waals surface area (Å²) in [6.45, 7) is 0. The van der Waals surface area contributed by atoms with E-state index in [0.717, 1.165) is 111 Å². The summed E-state index contributed by atoms with van der Waals surface area (Å²) >= 11 is 0. The van der Waals surface area contributed by atoms with Gasteiger partial charge in [0, 0.05) is 38.6 Å². The first-order chi connectivity index (χ1) is 34.1. The number of hydrogen-bond acceptors (Lipinski definition) is 3. The molecule has 3 nitrogen and oxygen atoms in total. The fourth-order valence-electron chi connectivity index (χ4n) is 9.95. The smallest absolute Gasteiger partial charge is 0.135 e. The van der Waals surface area contributed by atoms with Gasteiger partial charge in [-0.1, -0.05) is 182 Å². The highest BCUT2D eigenvalue weighted by atomic mass is 16.3. The molecule has 0 unspecified atom stereocenters. The molecule has 0 N–H and O–H groups in total. The van der Waals surface area contributed by atoms with E-state index < -0.39 is 0 Å². The zero-order chi connectivity index (χ0) is 45.7. The Bertz CT molecular complexity index is 3810. The van der Waals surface area contributed by atoms with E-state index >= 15 is 0 Å². The van der Waals surface area contributed by atoms with E-state index in [2.05, 4.69) is 241 Å². The predicted octanol–water partition coefficient (Wildman–Crippen LogP) is 19.0. The standard InChI is InChI=1S/C66H43NO2/c1-2-12-44(13-3-1)49-14-8-15-50(38-49)53-18-11-21-58(41-53)67(56-19-9-16-51(39-56)45-26-30-47(31-27-45)54-34-36-65-61(42-54)59-22-4-6-24-63(59)68-65)57-20-10-17-52(40-57)46-28-32-48(33-29-46)55-35-37-66-62(43-55)60-23-5-7-25-64(60)69-66/h1-43H. The van der Waals surface area contributed by atoms with E-state index in [0.29, 0.717) is 0 Å². The maximum Gasteiger partial charge on any atom is 0.135 e. The van der Waals surface area contributed by atoms with Crippen LogP contribution >= 0.6 is 0 Å². The second-order valence-electron chi connectivity index (χ2n) is 17.7. The number of hydrogen-bond donors (Lipinski definition) is 0. The van der Waals surface area contributed by atoms with Crippen molar-refractivity contribution in [3.63, 3.8) is 0 Å². The Balaban J connectivity index is 0.865. The van der Waals surface area contributed by atoms with Gasteiger partial charge in [-0.2, -0.15) is 0 Å². The molecule has 11 aromatic carbocycles. The maximum absolute atomic E-state index is 6.13. The van der Waals surface area contributed by atoms with Crippen LogP contribution in [-0.4, -0.2) is 0 Å². The lowest BCUT2D eigenvalue weighted by atomic mass is 9.97. The van der Waals surface area contributed by atoms with Gasteiger partial charge in [-0.3, -0.25) is 0 Å². The summed E-state index contributed by atoms with van der Waals surface area (Å²) in [6.07, 6.45) is 0. The van der Waals surface area contributed by atoms with Crippen molar-refractivity contribution in [3.8, 4) is 66.8 Å². The van der Waals surface area contributed by atoms with Gasteiger partial charge in [-0.15, -0.1) is 0 Å². The molecule has 0 saturated carbocycles. The summed E-state index contributed by atoms with van der Waals surface area (Å²) in [7, 11) is 0. The third-order valence-electron chi connectivity index (χ3n) is 13.5. The van der Waals surface area contributed by atoms with E-state index in [1.807, 2.05) is 24.3 Å². The van der Waals surface area contributed by atoms with Gasteiger partial charge in [0.1, 0.15) is 22.3 Å². The SMILES string of the molecule is c1ccc(-c2cccc(-c3cccc(N(c4cccc(-c5ccc(-c6ccc7oc8ccccc8c7c6)cc5)c4)c4cccc(-c5ccc(-c6ccc7oc8ccccc8c7c6)cc5)c4)c3)c2)cc1. The van der Waals surface area contributed by atoms with Gasteiger partial charge in [-0.05, 0) is 146 Å². The molecular formula is C66H43NO2. The summed E-state index contributed by atoms with van der Waals surface area (Å²) in [5.41, 5.74) is 20.8. The Labute approximate surface area is 400 Å². The highest BCUT2D eigenvalue weighted by molar-refractivity contribution is 6.07. The number of fused-ring (bicyclic) bond motifs is 6. The van der Waals surface area contributed by atoms with Crippen LogP contribution in [-0.2, 0) is 0 Å². The molecule has 0 spiro atoms. The molecule has 0 amide bonds. The van der Waals surface area contributed by atoms with Gasteiger partial charge in [0.15, 0.2) is 0 Å². The Morgan fingerprint density at radius 1 is 0.188 bits per heavy atom. The van der Waals surface area contributed by atoms with Crippen molar-refractivity contribution < 1.29 is 8.83 Å². The molecule has 69 heavy (non-hydrogen) atoms. The molecule has 2 heterocycles. The number of nitrogens with zero attached hydrogens (tertiary/aromatic N) is 1. The summed E-state index contributed by atoms with van der Waals surface area (Å²) in [5.74, 6) is 0. The molecule has 13 aromatic rings. The van der Waals surface area contributed by atoms with Crippen molar-refractivity contribution in [2.45, 2.75) is 0 Å². The molecule has 0 saturated heterocycles. The Kier molecular flexibility index (Phi) is 9.84. The summed E-state index contributed by atoms with van der Waals surface area (Å²) in [5, 5.41) is 4.53. The van der Waals surface area contributed by atoms with Crippen molar-refractivity contribution >= 4 is 60.9 Å². The van der Waals surface area contributed by atoms with Crippen molar-refractivity contribution in [1.82, 2.24) is 0 Å². The molecule has 2 aromatic heterocycles. The van der Waals surface area contributed by atoms with Crippen molar-refractivity contribution in [1.29, 1.82) is 0 Å². The molecule has 0 aliphatic rings. The zero-order valence-corrected chi connectivity index (χ0v) is 37.6. The molecular weight excluding hydrogens is 839 g/mol. The van der Waals surface area contributed by atoms with Crippen molar-refractivity contribution in [2.75, 3.05) is 4.90 Å². The second kappa shape index (κ2) is 16.9. The van der Waals surface area contributed by atoms with Crippen LogP contribution in [0.15, 0.2) is 270 Å². The van der Waals surface area contributed by atoms with Crippen LogP contribution in [0.25, 0.3) is 111 Å². The van der Waals surface area contributed by atoms with E-state index in [-0.39, 0.29) is 0 Å². The minimum atomic E-state index is 0.904. The van der Waals surface area contributed by atoms with Crippen LogP contribution in [0.3, 0.4) is 0 Å². The lowest BCUT2D eigenvalue weighted by molar-refractivity contribution is 0.668. The third-order valence-corrected chi connectivity index (χ3v) is 13.5. The fraction of sp³-hybridized carbons (Fsp3) is 0. The van der Waals surface area contributed by atoms with Crippen LogP contribution in [0.4, 0.5) is 17.1 Å². The molecule has 0 fully saturated rings. The predicted molar refractivity (Wildman–Crippen MR) is 288 cm³/mol. The average molecular weight is 882 g/mol. The van der Waals surface area contributed by atoms with Crippen LogP contribution in [0.1, 0.15) is 0 Å². The van der Waals surface area contributed by atoms with E-state index in [1.54, 1.807) is 0 Å². The van der Waals surface area contributed by atoms with Crippen LogP contribution in [0.5, 0.6) is 0 Å². The van der Waals surface area contributed by atoms with Crippen LogP contribution in [0.2, 0.25) is 0 Å². The molecule has 13 rings (SSSR count). The normalized spacial score (nSPS) is 11.5. The molecule has 0 radical (unpaired) electrons. The lowest BCUT2D eigenvalue weighted by Gasteiger charge is -2.27. The zero-order valence-electron chi connectivity index (χ0n) is 37.6. The van der Waals surface area contributed by atoms with Crippen molar-refractivity contribution in [3.05, 3.63) is 261 Å². The van der Waals surface area contributed by atoms with Gasteiger partial charge in [0.2, 0.25) is 0 Å². The van der Waals surface area contributed by atoms with Crippen LogP contribution in [0, 0.1) is 0 Å². The number of para-hydroxylation sites is 2. The quantitative estimate of drug-likeness (QED) is 0.145. The monoisotopic (exact) mass is 881 g/mol. The first-order valence-corrected chi connectivity index (χ1v) is 23.5.